The van der Waals surface area contributed by atoms with Crippen LogP contribution in [-0.4, -0.2) is 40.4 Å². The molecule has 0 bridgehead atoms. The molecule has 0 unspecified atom stereocenters. The zero-order valence-corrected chi connectivity index (χ0v) is 20.0. The number of carbonyl (C=O) groups is 2. The summed E-state index contributed by atoms with van der Waals surface area (Å²) in [7, 11) is 1.40. The van der Waals surface area contributed by atoms with E-state index >= 15 is 0 Å². The van der Waals surface area contributed by atoms with Gasteiger partial charge in [0.15, 0.2) is 0 Å². The minimum absolute atomic E-state index is 0.0827. The van der Waals surface area contributed by atoms with Crippen molar-refractivity contribution in [2.24, 2.45) is 5.73 Å². The number of nitrogens with one attached hydrogen (secondary N) is 3. The SMILES string of the molecule is COc1ncc2cc(C(=O)Nc3cc(C(=O)NCC[C@@H](N)c4ccccc4)ccc3Cl)c(=O)[nH]c2n1. The number of benzene rings is 2. The van der Waals surface area contributed by atoms with Gasteiger partial charge in [-0.05, 0) is 36.2 Å². The molecule has 0 saturated carbocycles. The van der Waals surface area contributed by atoms with Crippen LogP contribution in [0.1, 0.15) is 38.7 Å². The largest absolute Gasteiger partial charge is 0.467 e. The maximum atomic E-state index is 12.8. The number of ether oxygens (including phenoxy) is 1. The van der Waals surface area contributed by atoms with Crippen LogP contribution < -0.4 is 26.7 Å². The van der Waals surface area contributed by atoms with E-state index in [4.69, 9.17) is 22.1 Å². The summed E-state index contributed by atoms with van der Waals surface area (Å²) in [5.74, 6) is -1.06. The van der Waals surface area contributed by atoms with Gasteiger partial charge in [0, 0.05) is 29.7 Å². The van der Waals surface area contributed by atoms with E-state index in [2.05, 4.69) is 25.6 Å². The van der Waals surface area contributed by atoms with Crippen molar-refractivity contribution >= 4 is 40.1 Å². The number of aromatic amines is 1. The second-order valence-corrected chi connectivity index (χ2v) is 8.29. The zero-order chi connectivity index (χ0) is 25.7. The number of methoxy groups -OCH3 is 1. The fraction of sp³-hybridized carbons (Fsp3) is 0.160. The molecule has 2 amide bonds. The third-order valence-electron chi connectivity index (χ3n) is 5.44. The van der Waals surface area contributed by atoms with Crippen molar-refractivity contribution < 1.29 is 14.3 Å². The van der Waals surface area contributed by atoms with E-state index in [1.54, 1.807) is 0 Å². The molecule has 0 radical (unpaired) electrons. The Hall–Kier alpha value is -4.28. The second kappa shape index (κ2) is 11.0. The predicted octanol–water partition coefficient (Wildman–Crippen LogP) is 3.05. The Morgan fingerprint density at radius 3 is 2.67 bits per heavy atom. The summed E-state index contributed by atoms with van der Waals surface area (Å²) in [4.78, 5) is 48.5. The second-order valence-electron chi connectivity index (χ2n) is 7.88. The fourth-order valence-corrected chi connectivity index (χ4v) is 3.67. The van der Waals surface area contributed by atoms with Crippen molar-refractivity contribution in [1.29, 1.82) is 0 Å². The Balaban J connectivity index is 1.44. The average molecular weight is 507 g/mol. The fourth-order valence-electron chi connectivity index (χ4n) is 3.51. The first-order chi connectivity index (χ1) is 17.4. The number of H-pyrrole nitrogens is 1. The molecule has 2 aromatic heterocycles. The number of aromatic nitrogens is 3. The van der Waals surface area contributed by atoms with E-state index in [-0.39, 0.29) is 45.4 Å². The molecule has 0 saturated heterocycles. The molecule has 0 fully saturated rings. The quantitative estimate of drug-likeness (QED) is 0.286. The van der Waals surface area contributed by atoms with Crippen molar-refractivity contribution in [2.45, 2.75) is 12.5 Å². The van der Waals surface area contributed by atoms with Crippen molar-refractivity contribution in [3.8, 4) is 6.01 Å². The van der Waals surface area contributed by atoms with Crippen molar-refractivity contribution in [1.82, 2.24) is 20.3 Å². The number of amides is 2. The van der Waals surface area contributed by atoms with E-state index in [1.807, 2.05) is 30.3 Å². The van der Waals surface area contributed by atoms with Gasteiger partial charge in [-0.1, -0.05) is 41.9 Å². The maximum absolute atomic E-state index is 12.8. The van der Waals surface area contributed by atoms with Gasteiger partial charge in [0.05, 0.1) is 17.8 Å². The first-order valence-electron chi connectivity index (χ1n) is 11.0. The van der Waals surface area contributed by atoms with Gasteiger partial charge in [-0.3, -0.25) is 14.4 Å². The van der Waals surface area contributed by atoms with Gasteiger partial charge in [0.2, 0.25) is 0 Å². The van der Waals surface area contributed by atoms with Gasteiger partial charge in [-0.15, -0.1) is 0 Å². The first-order valence-corrected chi connectivity index (χ1v) is 11.4. The minimum Gasteiger partial charge on any atom is -0.467 e. The van der Waals surface area contributed by atoms with Crippen LogP contribution in [0, 0.1) is 0 Å². The number of carbonyl (C=O) groups excluding carboxylic acids is 2. The lowest BCUT2D eigenvalue weighted by molar-refractivity contribution is 0.0951. The molecule has 0 aliphatic carbocycles. The smallest absolute Gasteiger partial charge is 0.318 e. The van der Waals surface area contributed by atoms with Crippen LogP contribution in [0.4, 0.5) is 5.69 Å². The summed E-state index contributed by atoms with van der Waals surface area (Å²) >= 11 is 6.23. The third kappa shape index (κ3) is 5.68. The number of rotatable bonds is 8. The molecule has 5 N–H and O–H groups in total. The molecule has 4 rings (SSSR count). The van der Waals surface area contributed by atoms with Crippen LogP contribution in [-0.2, 0) is 0 Å². The third-order valence-corrected chi connectivity index (χ3v) is 5.77. The average Bonchev–Trinajstić information content (AvgIpc) is 2.89. The summed E-state index contributed by atoms with van der Waals surface area (Å²) in [5.41, 5.74) is 7.04. The number of halogens is 1. The molecule has 10 nitrogen and oxygen atoms in total. The molecule has 1 atom stereocenters. The van der Waals surface area contributed by atoms with Gasteiger partial charge in [0.1, 0.15) is 11.2 Å². The number of hydrogen-bond donors (Lipinski definition) is 4. The normalized spacial score (nSPS) is 11.6. The summed E-state index contributed by atoms with van der Waals surface area (Å²) in [5, 5.41) is 6.05. The highest BCUT2D eigenvalue weighted by Crippen LogP contribution is 2.24. The molecule has 11 heteroatoms. The molecule has 2 aromatic carbocycles. The molecule has 184 valence electrons. The Bertz CT molecular complexity index is 1470. The Kier molecular flexibility index (Phi) is 7.57. The summed E-state index contributed by atoms with van der Waals surface area (Å²) in [6, 6.07) is 15.3. The highest BCUT2D eigenvalue weighted by atomic mass is 35.5. The lowest BCUT2D eigenvalue weighted by atomic mass is 10.0. The maximum Gasteiger partial charge on any atom is 0.318 e. The van der Waals surface area contributed by atoms with Crippen molar-refractivity contribution in [2.75, 3.05) is 19.0 Å². The Morgan fingerprint density at radius 2 is 1.92 bits per heavy atom. The van der Waals surface area contributed by atoms with Gasteiger partial charge in [-0.2, -0.15) is 4.98 Å². The zero-order valence-electron chi connectivity index (χ0n) is 19.2. The number of nitrogens with zero attached hydrogens (tertiary/aromatic N) is 2. The summed E-state index contributed by atoms with van der Waals surface area (Å²) < 4.78 is 4.94. The van der Waals surface area contributed by atoms with E-state index in [0.717, 1.165) is 5.56 Å². The number of fused-ring (bicyclic) bond motifs is 1. The minimum atomic E-state index is -0.706. The van der Waals surface area contributed by atoms with Gasteiger partial charge in [0.25, 0.3) is 17.4 Å². The summed E-state index contributed by atoms with van der Waals surface area (Å²) in [6.45, 7) is 0.360. The predicted molar refractivity (Wildman–Crippen MR) is 136 cm³/mol. The standard InChI is InChI=1S/C25H23ClN6O4/c1-36-25-29-13-16-11-17(24(35)31-21(16)32-25)23(34)30-20-12-15(7-8-18(20)26)22(33)28-10-9-19(27)14-5-3-2-4-6-14/h2-8,11-13,19H,9-10,27H2,1H3,(H,28,33)(H,30,34)(H,29,31,32,35)/t19-/m1/s1. The lowest BCUT2D eigenvalue weighted by Gasteiger charge is -2.13. The van der Waals surface area contributed by atoms with Crippen LogP contribution >= 0.6 is 11.6 Å². The van der Waals surface area contributed by atoms with Crippen LogP contribution in [0.25, 0.3) is 11.0 Å². The van der Waals surface area contributed by atoms with Crippen LogP contribution in [0.3, 0.4) is 0 Å². The van der Waals surface area contributed by atoms with Crippen molar-refractivity contribution in [3.63, 3.8) is 0 Å². The molecule has 0 aliphatic rings. The lowest BCUT2D eigenvalue weighted by Crippen LogP contribution is -2.27. The molecular formula is C25H23ClN6O4. The molecular weight excluding hydrogens is 484 g/mol. The molecule has 0 spiro atoms. The number of pyridine rings is 1. The molecule has 36 heavy (non-hydrogen) atoms. The van der Waals surface area contributed by atoms with Crippen LogP contribution in [0.2, 0.25) is 5.02 Å². The molecule has 2 heterocycles. The Morgan fingerprint density at radius 1 is 1.14 bits per heavy atom. The van der Waals surface area contributed by atoms with Gasteiger partial charge >= 0.3 is 6.01 Å². The number of nitrogens with two attached hydrogens (primary N) is 1. The number of anilines is 1. The Labute approximate surface area is 210 Å². The van der Waals surface area contributed by atoms with E-state index < -0.39 is 11.5 Å². The summed E-state index contributed by atoms with van der Waals surface area (Å²) in [6.07, 6.45) is 1.97. The molecule has 4 aromatic rings. The van der Waals surface area contributed by atoms with E-state index in [1.165, 1.54) is 37.6 Å². The van der Waals surface area contributed by atoms with Gasteiger partial charge in [-0.25, -0.2) is 4.98 Å². The van der Waals surface area contributed by atoms with Crippen LogP contribution in [0.15, 0.2) is 65.6 Å². The van der Waals surface area contributed by atoms with Crippen molar-refractivity contribution in [3.05, 3.63) is 92.9 Å². The monoisotopic (exact) mass is 506 g/mol. The van der Waals surface area contributed by atoms with E-state index in [0.29, 0.717) is 18.4 Å². The highest BCUT2D eigenvalue weighted by Gasteiger charge is 2.16. The van der Waals surface area contributed by atoms with Crippen LogP contribution in [0.5, 0.6) is 6.01 Å². The molecule has 0 aliphatic heterocycles. The topological polar surface area (TPSA) is 152 Å². The van der Waals surface area contributed by atoms with Gasteiger partial charge < -0.3 is 26.1 Å². The first kappa shape index (κ1) is 24.8. The number of hydrogen-bond acceptors (Lipinski definition) is 7. The highest BCUT2D eigenvalue weighted by molar-refractivity contribution is 6.34. The van der Waals surface area contributed by atoms with E-state index in [9.17, 15) is 14.4 Å².